The van der Waals surface area contributed by atoms with Gasteiger partial charge in [0.1, 0.15) is 11.2 Å². The van der Waals surface area contributed by atoms with Crippen LogP contribution in [-0.4, -0.2) is 23.1 Å². The zero-order valence-electron chi connectivity index (χ0n) is 14.9. The quantitative estimate of drug-likeness (QED) is 0.386. The Morgan fingerprint density at radius 3 is 1.86 bits per heavy atom. The van der Waals surface area contributed by atoms with Crippen LogP contribution in [0.3, 0.4) is 0 Å². The first kappa shape index (κ1) is 20.9. The summed E-state index contributed by atoms with van der Waals surface area (Å²) >= 11 is 0. The van der Waals surface area contributed by atoms with Crippen molar-refractivity contribution in [1.82, 2.24) is 0 Å². The van der Waals surface area contributed by atoms with Crippen molar-refractivity contribution in [3.63, 3.8) is 0 Å². The molecule has 0 N–H and O–H groups in total. The molecule has 0 aliphatic rings. The van der Waals surface area contributed by atoms with E-state index in [1.807, 2.05) is 0 Å². The van der Waals surface area contributed by atoms with Gasteiger partial charge in [-0.2, -0.15) is 9.78 Å². The highest BCUT2D eigenvalue weighted by atomic mass is 17.2. The highest BCUT2D eigenvalue weighted by Crippen LogP contribution is 2.15. The van der Waals surface area contributed by atoms with E-state index in [1.54, 1.807) is 48.5 Å². The molecule has 1 unspecified atom stereocenters. The number of carbonyl (C=O) groups excluding carboxylic acids is 2. The normalized spacial score (nSPS) is 13.6. The van der Waals surface area contributed by atoms with Gasteiger partial charge in [0.2, 0.25) is 0 Å². The molecule has 0 saturated carbocycles. The van der Waals surface area contributed by atoms with E-state index >= 15 is 0 Å². The number of rotatable bonds is 8. The van der Waals surface area contributed by atoms with Gasteiger partial charge in [0.15, 0.2) is 0 Å². The van der Waals surface area contributed by atoms with Gasteiger partial charge in [-0.25, -0.2) is 9.59 Å². The average Bonchev–Trinajstić information content (AvgIpc) is 2.36. The molecule has 0 fully saturated rings. The predicted molar refractivity (Wildman–Crippen MR) is 81.5 cm³/mol. The first-order valence-corrected chi connectivity index (χ1v) is 7.69. The van der Waals surface area contributed by atoms with Gasteiger partial charge in [-0.3, -0.25) is 9.78 Å². The van der Waals surface area contributed by atoms with Gasteiger partial charge in [0, 0.05) is 6.42 Å². The molecule has 22 heavy (non-hydrogen) atoms. The van der Waals surface area contributed by atoms with Gasteiger partial charge in [0.05, 0.1) is 5.92 Å². The standard InChI is InChI=1S/C16H30O6/c1-12(14(18)20-22-16(5,6)7)10-8-9-11-13(17)19-21-15(2,3)4/h12H,8-11H2,1-7H3. The summed E-state index contributed by atoms with van der Waals surface area (Å²) in [6.07, 6.45) is 2.23. The summed E-state index contributed by atoms with van der Waals surface area (Å²) in [7, 11) is 0. The van der Waals surface area contributed by atoms with E-state index in [-0.39, 0.29) is 12.3 Å². The molecular weight excluding hydrogens is 288 g/mol. The maximum absolute atomic E-state index is 11.7. The summed E-state index contributed by atoms with van der Waals surface area (Å²) in [4.78, 5) is 42.5. The minimum absolute atomic E-state index is 0.260. The lowest BCUT2D eigenvalue weighted by Crippen LogP contribution is -2.24. The Morgan fingerprint density at radius 1 is 0.864 bits per heavy atom. The molecule has 0 heterocycles. The number of unbranched alkanes of at least 4 members (excludes halogenated alkanes) is 1. The van der Waals surface area contributed by atoms with Crippen LogP contribution in [0.2, 0.25) is 0 Å². The monoisotopic (exact) mass is 318 g/mol. The largest absolute Gasteiger partial charge is 0.345 e. The van der Waals surface area contributed by atoms with Crippen LogP contribution in [0.1, 0.15) is 74.1 Å². The Bertz CT molecular complexity index is 351. The molecule has 0 aromatic carbocycles. The van der Waals surface area contributed by atoms with E-state index in [4.69, 9.17) is 14.7 Å². The third kappa shape index (κ3) is 12.6. The van der Waals surface area contributed by atoms with E-state index < -0.39 is 23.1 Å². The van der Waals surface area contributed by atoms with E-state index in [2.05, 4.69) is 4.89 Å². The number of hydrogen-bond acceptors (Lipinski definition) is 6. The van der Waals surface area contributed by atoms with Crippen LogP contribution in [0.25, 0.3) is 0 Å². The van der Waals surface area contributed by atoms with Crippen molar-refractivity contribution >= 4 is 11.9 Å². The Hall–Kier alpha value is -1.14. The van der Waals surface area contributed by atoms with Crippen LogP contribution in [0.4, 0.5) is 0 Å². The summed E-state index contributed by atoms with van der Waals surface area (Å²) in [5.74, 6) is -1.07. The fourth-order valence-electron chi connectivity index (χ4n) is 1.30. The van der Waals surface area contributed by atoms with Crippen LogP contribution < -0.4 is 0 Å². The van der Waals surface area contributed by atoms with Crippen LogP contribution in [0, 0.1) is 5.92 Å². The highest BCUT2D eigenvalue weighted by molar-refractivity contribution is 5.71. The second-order valence-electron chi connectivity index (χ2n) is 7.40. The van der Waals surface area contributed by atoms with Crippen LogP contribution in [0.15, 0.2) is 0 Å². The molecule has 0 radical (unpaired) electrons. The first-order chi connectivity index (χ1) is 9.91. The van der Waals surface area contributed by atoms with Crippen molar-refractivity contribution in [2.24, 2.45) is 5.92 Å². The summed E-state index contributed by atoms with van der Waals surface area (Å²) in [6, 6.07) is 0. The van der Waals surface area contributed by atoms with Crippen molar-refractivity contribution in [3.8, 4) is 0 Å². The lowest BCUT2D eigenvalue weighted by molar-refractivity contribution is -0.323. The second-order valence-corrected chi connectivity index (χ2v) is 7.40. The van der Waals surface area contributed by atoms with Gasteiger partial charge >= 0.3 is 11.9 Å². The molecule has 6 heteroatoms. The van der Waals surface area contributed by atoms with Crippen LogP contribution in [-0.2, 0) is 29.1 Å². The Labute approximate surface area is 133 Å². The third-order valence-corrected chi connectivity index (χ3v) is 2.43. The van der Waals surface area contributed by atoms with Gasteiger partial charge in [-0.05, 0) is 54.4 Å². The average molecular weight is 318 g/mol. The molecule has 0 rings (SSSR count). The molecule has 0 aromatic heterocycles. The maximum atomic E-state index is 11.7. The van der Waals surface area contributed by atoms with Crippen molar-refractivity contribution in [2.75, 3.05) is 0 Å². The van der Waals surface area contributed by atoms with Crippen molar-refractivity contribution < 1.29 is 29.1 Å². The molecule has 0 bridgehead atoms. The molecule has 0 amide bonds. The minimum Gasteiger partial charge on any atom is -0.298 e. The predicted octanol–water partition coefficient (Wildman–Crippen LogP) is 3.73. The highest BCUT2D eigenvalue weighted by Gasteiger charge is 2.20. The number of carbonyl (C=O) groups is 2. The molecule has 6 nitrogen and oxygen atoms in total. The first-order valence-electron chi connectivity index (χ1n) is 7.69. The summed E-state index contributed by atoms with van der Waals surface area (Å²) in [5, 5.41) is 0. The molecular formula is C16H30O6. The number of hydrogen-bond donors (Lipinski definition) is 0. The van der Waals surface area contributed by atoms with Gasteiger partial charge in [-0.1, -0.05) is 13.3 Å². The maximum Gasteiger partial charge on any atom is 0.345 e. The summed E-state index contributed by atoms with van der Waals surface area (Å²) < 4.78 is 0. The Morgan fingerprint density at radius 2 is 1.36 bits per heavy atom. The molecule has 0 aliphatic carbocycles. The zero-order valence-corrected chi connectivity index (χ0v) is 14.9. The van der Waals surface area contributed by atoms with Crippen molar-refractivity contribution in [1.29, 1.82) is 0 Å². The lowest BCUT2D eigenvalue weighted by atomic mass is 10.0. The summed E-state index contributed by atoms with van der Waals surface area (Å²) in [6.45, 7) is 12.6. The SMILES string of the molecule is CC(CCCCC(=O)OOC(C)(C)C)C(=O)OOC(C)(C)C. The Balaban J connectivity index is 3.78. The van der Waals surface area contributed by atoms with E-state index in [1.165, 1.54) is 0 Å². The zero-order chi connectivity index (χ0) is 17.4. The molecule has 0 aliphatic heterocycles. The van der Waals surface area contributed by atoms with Crippen LogP contribution in [0.5, 0.6) is 0 Å². The van der Waals surface area contributed by atoms with E-state index in [0.29, 0.717) is 12.8 Å². The van der Waals surface area contributed by atoms with Gasteiger partial charge < -0.3 is 0 Å². The molecule has 1 atom stereocenters. The fraction of sp³-hybridized carbons (Fsp3) is 0.875. The van der Waals surface area contributed by atoms with Crippen molar-refractivity contribution in [3.05, 3.63) is 0 Å². The molecule has 0 spiro atoms. The molecule has 130 valence electrons. The van der Waals surface area contributed by atoms with E-state index in [9.17, 15) is 9.59 Å². The van der Waals surface area contributed by atoms with Gasteiger partial charge in [0.25, 0.3) is 0 Å². The topological polar surface area (TPSA) is 71.1 Å². The molecule has 0 aromatic rings. The van der Waals surface area contributed by atoms with Gasteiger partial charge in [-0.15, -0.1) is 0 Å². The smallest absolute Gasteiger partial charge is 0.298 e. The second kappa shape index (κ2) is 9.10. The molecule has 0 saturated heterocycles. The van der Waals surface area contributed by atoms with Crippen LogP contribution >= 0.6 is 0 Å². The summed E-state index contributed by atoms with van der Waals surface area (Å²) in [5.41, 5.74) is -1.03. The third-order valence-electron chi connectivity index (χ3n) is 2.43. The minimum atomic E-state index is -0.522. The fourth-order valence-corrected chi connectivity index (χ4v) is 1.30. The van der Waals surface area contributed by atoms with Crippen molar-refractivity contribution in [2.45, 2.75) is 85.4 Å². The Kier molecular flexibility index (Phi) is 8.63. The van der Waals surface area contributed by atoms with E-state index in [0.717, 1.165) is 6.42 Å². The lowest BCUT2D eigenvalue weighted by Gasteiger charge is -2.18.